The van der Waals surface area contributed by atoms with E-state index in [1.807, 2.05) is 0 Å². The van der Waals surface area contributed by atoms with Crippen LogP contribution < -0.4 is 10.6 Å². The molecule has 0 aromatic heterocycles. The average molecular weight is 340 g/mol. The van der Waals surface area contributed by atoms with Crippen molar-refractivity contribution in [2.24, 2.45) is 0 Å². The summed E-state index contributed by atoms with van der Waals surface area (Å²) >= 11 is 0. The van der Waals surface area contributed by atoms with E-state index < -0.39 is 35.1 Å². The van der Waals surface area contributed by atoms with Crippen LogP contribution in [-0.2, 0) is 4.79 Å². The van der Waals surface area contributed by atoms with E-state index in [2.05, 4.69) is 10.6 Å². The maximum Gasteiger partial charge on any atom is 0.254 e. The number of hydrogen-bond donors (Lipinski definition) is 2. The molecule has 0 atom stereocenters. The summed E-state index contributed by atoms with van der Waals surface area (Å²) in [4.78, 5) is 23.3. The molecular weight excluding hydrogens is 328 g/mol. The first-order valence-electron chi connectivity index (χ1n) is 6.85. The van der Waals surface area contributed by atoms with Gasteiger partial charge in [0, 0.05) is 25.1 Å². The monoisotopic (exact) mass is 340 g/mol. The van der Waals surface area contributed by atoms with E-state index in [1.54, 1.807) is 0 Å². The van der Waals surface area contributed by atoms with Crippen LogP contribution in [0.4, 0.5) is 23.2 Å². The molecule has 2 N–H and O–H groups in total. The fraction of sp³-hybridized carbons (Fsp3) is 0.125. The van der Waals surface area contributed by atoms with Gasteiger partial charge in [0.25, 0.3) is 5.91 Å². The minimum Gasteiger partial charge on any atom is -0.351 e. The summed E-state index contributed by atoms with van der Waals surface area (Å²) in [5, 5.41) is 4.43. The van der Waals surface area contributed by atoms with Crippen LogP contribution in [0.3, 0.4) is 0 Å². The van der Waals surface area contributed by atoms with Crippen LogP contribution in [0.2, 0.25) is 0 Å². The van der Waals surface area contributed by atoms with Crippen LogP contribution in [0.1, 0.15) is 16.8 Å². The zero-order chi connectivity index (χ0) is 17.7. The Hall–Kier alpha value is -2.90. The molecule has 0 aliphatic rings. The molecular formula is C16H12F4N2O2. The van der Waals surface area contributed by atoms with Gasteiger partial charge in [-0.25, -0.2) is 17.6 Å². The van der Waals surface area contributed by atoms with Crippen molar-refractivity contribution >= 4 is 17.5 Å². The molecule has 0 aliphatic heterocycles. The highest BCUT2D eigenvalue weighted by Gasteiger charge is 2.13. The van der Waals surface area contributed by atoms with Crippen molar-refractivity contribution in [3.05, 3.63) is 65.2 Å². The van der Waals surface area contributed by atoms with Gasteiger partial charge in [0.2, 0.25) is 5.91 Å². The van der Waals surface area contributed by atoms with E-state index in [1.165, 1.54) is 0 Å². The molecule has 2 rings (SSSR count). The number of carbonyl (C=O) groups excluding carboxylic acids is 2. The average Bonchev–Trinajstić information content (AvgIpc) is 2.50. The molecule has 0 aliphatic carbocycles. The number of hydrogen-bond acceptors (Lipinski definition) is 2. The highest BCUT2D eigenvalue weighted by Crippen LogP contribution is 2.15. The summed E-state index contributed by atoms with van der Waals surface area (Å²) in [5.41, 5.74) is -0.691. The molecule has 2 aromatic rings. The van der Waals surface area contributed by atoms with Gasteiger partial charge in [0.05, 0.1) is 11.3 Å². The molecule has 24 heavy (non-hydrogen) atoms. The summed E-state index contributed by atoms with van der Waals surface area (Å²) < 4.78 is 52.5. The van der Waals surface area contributed by atoms with Gasteiger partial charge >= 0.3 is 0 Å². The Morgan fingerprint density at radius 2 is 1.54 bits per heavy atom. The first kappa shape index (κ1) is 17.5. The van der Waals surface area contributed by atoms with E-state index in [0.717, 1.165) is 30.3 Å². The Labute approximate surface area is 134 Å². The van der Waals surface area contributed by atoms with E-state index in [9.17, 15) is 27.2 Å². The second-order valence-corrected chi connectivity index (χ2v) is 4.80. The van der Waals surface area contributed by atoms with Crippen LogP contribution in [0.25, 0.3) is 0 Å². The summed E-state index contributed by atoms with van der Waals surface area (Å²) in [5.74, 6) is -4.86. The molecule has 0 radical (unpaired) electrons. The van der Waals surface area contributed by atoms with Crippen molar-refractivity contribution in [2.75, 3.05) is 11.9 Å². The third kappa shape index (κ3) is 4.55. The zero-order valence-electron chi connectivity index (χ0n) is 12.2. The summed E-state index contributed by atoms with van der Waals surface area (Å²) in [6.07, 6.45) is -0.246. The first-order valence-corrected chi connectivity index (χ1v) is 6.85. The number of halogens is 4. The van der Waals surface area contributed by atoms with Gasteiger partial charge in [-0.2, -0.15) is 0 Å². The van der Waals surface area contributed by atoms with Gasteiger partial charge in [0.15, 0.2) is 0 Å². The van der Waals surface area contributed by atoms with Crippen molar-refractivity contribution in [2.45, 2.75) is 6.42 Å². The van der Waals surface area contributed by atoms with Crippen molar-refractivity contribution in [3.63, 3.8) is 0 Å². The molecule has 8 heteroatoms. The predicted molar refractivity (Wildman–Crippen MR) is 78.3 cm³/mol. The third-order valence-corrected chi connectivity index (χ3v) is 3.02. The van der Waals surface area contributed by atoms with Crippen molar-refractivity contribution in [1.82, 2.24) is 5.32 Å². The lowest BCUT2D eigenvalue weighted by Crippen LogP contribution is -2.28. The van der Waals surface area contributed by atoms with Gasteiger partial charge < -0.3 is 10.6 Å². The lowest BCUT2D eigenvalue weighted by Gasteiger charge is -2.08. The van der Waals surface area contributed by atoms with Crippen LogP contribution in [0.15, 0.2) is 36.4 Å². The molecule has 2 amide bonds. The SMILES string of the molecule is O=C(CCNC(=O)c1ccc(F)cc1F)Nc1cc(F)ccc1F. The highest BCUT2D eigenvalue weighted by molar-refractivity contribution is 5.95. The smallest absolute Gasteiger partial charge is 0.254 e. The number of nitrogens with one attached hydrogen (secondary N) is 2. The molecule has 0 spiro atoms. The Morgan fingerprint density at radius 3 is 2.25 bits per heavy atom. The van der Waals surface area contributed by atoms with Gasteiger partial charge in [0.1, 0.15) is 23.3 Å². The molecule has 0 fully saturated rings. The van der Waals surface area contributed by atoms with E-state index >= 15 is 0 Å². The quantitative estimate of drug-likeness (QED) is 0.822. The fourth-order valence-corrected chi connectivity index (χ4v) is 1.86. The standard InChI is InChI=1S/C16H12F4N2O2/c17-9-1-3-11(13(20)7-9)16(24)21-6-5-15(23)22-14-8-10(18)2-4-12(14)19/h1-4,7-8H,5-6H2,(H,21,24)(H,22,23). The Balaban J connectivity index is 1.86. The molecule has 126 valence electrons. The third-order valence-electron chi connectivity index (χ3n) is 3.02. The molecule has 0 saturated carbocycles. The van der Waals surface area contributed by atoms with E-state index in [0.29, 0.717) is 6.07 Å². The first-order chi connectivity index (χ1) is 11.4. The molecule has 4 nitrogen and oxygen atoms in total. The summed E-state index contributed by atoms with van der Waals surface area (Å²) in [6, 6.07) is 5.06. The topological polar surface area (TPSA) is 58.2 Å². The number of anilines is 1. The molecule has 0 saturated heterocycles. The van der Waals surface area contributed by atoms with Gasteiger partial charge in [-0.15, -0.1) is 0 Å². The van der Waals surface area contributed by atoms with E-state index in [-0.39, 0.29) is 24.2 Å². The number of rotatable bonds is 5. The van der Waals surface area contributed by atoms with Crippen LogP contribution >= 0.6 is 0 Å². The van der Waals surface area contributed by atoms with Crippen LogP contribution in [0.5, 0.6) is 0 Å². The molecule has 2 aromatic carbocycles. The van der Waals surface area contributed by atoms with Crippen molar-refractivity contribution in [1.29, 1.82) is 0 Å². The highest BCUT2D eigenvalue weighted by atomic mass is 19.1. The maximum absolute atomic E-state index is 13.4. The molecule has 0 heterocycles. The normalized spacial score (nSPS) is 10.3. The van der Waals surface area contributed by atoms with Crippen molar-refractivity contribution in [3.8, 4) is 0 Å². The van der Waals surface area contributed by atoms with Crippen LogP contribution in [0, 0.1) is 23.3 Å². The number of carbonyl (C=O) groups is 2. The Kier molecular flexibility index (Phi) is 5.51. The fourth-order valence-electron chi connectivity index (χ4n) is 1.86. The Morgan fingerprint density at radius 1 is 0.875 bits per heavy atom. The minimum atomic E-state index is -1.03. The second kappa shape index (κ2) is 7.58. The minimum absolute atomic E-state index is 0.168. The Bertz CT molecular complexity index is 781. The maximum atomic E-state index is 13.4. The summed E-state index contributed by atoms with van der Waals surface area (Å²) in [7, 11) is 0. The number of benzene rings is 2. The largest absolute Gasteiger partial charge is 0.351 e. The number of amides is 2. The van der Waals surface area contributed by atoms with Crippen LogP contribution in [-0.4, -0.2) is 18.4 Å². The summed E-state index contributed by atoms with van der Waals surface area (Å²) in [6.45, 7) is -0.168. The molecule has 0 unspecified atom stereocenters. The van der Waals surface area contributed by atoms with Crippen molar-refractivity contribution < 1.29 is 27.2 Å². The predicted octanol–water partition coefficient (Wildman–Crippen LogP) is 3.00. The van der Waals surface area contributed by atoms with Gasteiger partial charge in [-0.3, -0.25) is 9.59 Å². The molecule has 0 bridgehead atoms. The lowest BCUT2D eigenvalue weighted by molar-refractivity contribution is -0.116. The lowest BCUT2D eigenvalue weighted by atomic mass is 10.2. The van der Waals surface area contributed by atoms with Gasteiger partial charge in [-0.1, -0.05) is 0 Å². The zero-order valence-corrected chi connectivity index (χ0v) is 12.2. The second-order valence-electron chi connectivity index (χ2n) is 4.80. The van der Waals surface area contributed by atoms with E-state index in [4.69, 9.17) is 0 Å². The van der Waals surface area contributed by atoms with Gasteiger partial charge in [-0.05, 0) is 24.3 Å².